The standard InChI is InChI=1S/C31H30BrN3O5/c1-18-13-21(32)10-11-22(18)31-26(20-8-4-3-5-9-20)25(29(37)35-15-19-7-6-12-33-14-19)28(36)30(31,38)27-23(39-2)16-34-17-24(27)40-31/h3-14,16-18,22,25-26,28,36,38H,15H2,1-2H3,(H,35,37)/t18?,22-,25+,26+,28+,30-,31?/m0/s1. The molecule has 0 spiro atoms. The third-order valence-electron chi connectivity index (χ3n) is 8.54. The molecule has 1 aliphatic heterocycles. The molecule has 3 aromatic rings. The van der Waals surface area contributed by atoms with Crippen LogP contribution in [0.3, 0.4) is 0 Å². The molecule has 2 aromatic heterocycles. The lowest BCUT2D eigenvalue weighted by Gasteiger charge is -2.47. The summed E-state index contributed by atoms with van der Waals surface area (Å²) in [5.41, 5.74) is -1.58. The zero-order chi connectivity index (χ0) is 28.1. The van der Waals surface area contributed by atoms with E-state index < -0.39 is 41.0 Å². The molecule has 0 radical (unpaired) electrons. The van der Waals surface area contributed by atoms with Crippen molar-refractivity contribution in [2.45, 2.75) is 36.7 Å². The number of benzene rings is 1. The van der Waals surface area contributed by atoms with Gasteiger partial charge in [0.05, 0.1) is 31.0 Å². The van der Waals surface area contributed by atoms with E-state index >= 15 is 0 Å². The maximum Gasteiger partial charge on any atom is 0.226 e. The van der Waals surface area contributed by atoms with E-state index in [1.807, 2.05) is 61.5 Å². The van der Waals surface area contributed by atoms with Gasteiger partial charge in [-0.3, -0.25) is 14.8 Å². The number of hydrogen-bond donors (Lipinski definition) is 3. The highest BCUT2D eigenvalue weighted by molar-refractivity contribution is 9.11. The summed E-state index contributed by atoms with van der Waals surface area (Å²) in [7, 11) is 1.48. The van der Waals surface area contributed by atoms with E-state index in [2.05, 4.69) is 31.2 Å². The largest absolute Gasteiger partial charge is 0.495 e. The molecule has 40 heavy (non-hydrogen) atoms. The lowest BCUT2D eigenvalue weighted by molar-refractivity contribution is -0.168. The molecule has 1 fully saturated rings. The second-order valence-corrected chi connectivity index (χ2v) is 11.5. The highest BCUT2D eigenvalue weighted by atomic mass is 79.9. The van der Waals surface area contributed by atoms with Gasteiger partial charge in [-0.25, -0.2) is 0 Å². The fraction of sp³-hybridized carbons (Fsp3) is 0.323. The van der Waals surface area contributed by atoms with Crippen molar-refractivity contribution in [3.05, 3.63) is 107 Å². The number of aliphatic hydroxyl groups excluding tert-OH is 1. The smallest absolute Gasteiger partial charge is 0.226 e. The van der Waals surface area contributed by atoms with Crippen molar-refractivity contribution in [1.29, 1.82) is 0 Å². The summed E-state index contributed by atoms with van der Waals surface area (Å²) in [4.78, 5) is 22.5. The first-order chi connectivity index (χ1) is 19.3. The van der Waals surface area contributed by atoms with Gasteiger partial charge >= 0.3 is 0 Å². The zero-order valence-electron chi connectivity index (χ0n) is 22.1. The molecule has 1 aromatic carbocycles. The normalized spacial score (nSPS) is 32.0. The number of allylic oxidation sites excluding steroid dienone is 3. The van der Waals surface area contributed by atoms with E-state index in [1.165, 1.54) is 19.5 Å². The molecule has 9 heteroatoms. The first kappa shape index (κ1) is 26.7. The Morgan fingerprint density at radius 2 is 1.95 bits per heavy atom. The fourth-order valence-corrected chi connectivity index (χ4v) is 7.51. The number of carbonyl (C=O) groups excluding carboxylic acids is 1. The Morgan fingerprint density at radius 3 is 2.65 bits per heavy atom. The number of fused-ring (bicyclic) bond motifs is 3. The minimum absolute atomic E-state index is 0.116. The summed E-state index contributed by atoms with van der Waals surface area (Å²) in [6, 6.07) is 13.2. The summed E-state index contributed by atoms with van der Waals surface area (Å²) < 4.78 is 13.4. The molecule has 0 saturated heterocycles. The highest BCUT2D eigenvalue weighted by Gasteiger charge is 2.79. The topological polar surface area (TPSA) is 114 Å². The van der Waals surface area contributed by atoms with Crippen LogP contribution in [0.4, 0.5) is 0 Å². The molecule has 2 unspecified atom stereocenters. The first-order valence-corrected chi connectivity index (χ1v) is 14.0. The van der Waals surface area contributed by atoms with Crippen LogP contribution >= 0.6 is 15.9 Å². The lowest BCUT2D eigenvalue weighted by atomic mass is 9.63. The van der Waals surface area contributed by atoms with Gasteiger partial charge < -0.3 is 25.0 Å². The number of methoxy groups -OCH3 is 1. The molecular weight excluding hydrogens is 574 g/mol. The van der Waals surface area contributed by atoms with Crippen LogP contribution in [-0.4, -0.2) is 44.9 Å². The average molecular weight is 605 g/mol. The van der Waals surface area contributed by atoms with Crippen LogP contribution in [0, 0.1) is 17.8 Å². The Morgan fingerprint density at radius 1 is 1.15 bits per heavy atom. The van der Waals surface area contributed by atoms with Crippen molar-refractivity contribution in [3.63, 3.8) is 0 Å². The van der Waals surface area contributed by atoms with E-state index in [1.54, 1.807) is 18.5 Å². The van der Waals surface area contributed by atoms with Crippen molar-refractivity contribution < 1.29 is 24.5 Å². The molecule has 6 rings (SSSR count). The van der Waals surface area contributed by atoms with Crippen LogP contribution < -0.4 is 14.8 Å². The van der Waals surface area contributed by atoms with E-state index in [-0.39, 0.29) is 18.2 Å². The number of halogens is 1. The quantitative estimate of drug-likeness (QED) is 0.390. The minimum atomic E-state index is -2.01. The molecule has 7 atom stereocenters. The maximum atomic E-state index is 14.1. The molecule has 3 heterocycles. The molecule has 3 N–H and O–H groups in total. The van der Waals surface area contributed by atoms with Crippen LogP contribution in [-0.2, 0) is 16.9 Å². The van der Waals surface area contributed by atoms with Crippen molar-refractivity contribution in [2.24, 2.45) is 17.8 Å². The van der Waals surface area contributed by atoms with Gasteiger partial charge in [-0.1, -0.05) is 77.5 Å². The third-order valence-corrected chi connectivity index (χ3v) is 9.07. The predicted molar refractivity (Wildman–Crippen MR) is 152 cm³/mol. The van der Waals surface area contributed by atoms with Gasteiger partial charge in [0.1, 0.15) is 17.6 Å². The van der Waals surface area contributed by atoms with Crippen molar-refractivity contribution in [2.75, 3.05) is 7.11 Å². The maximum absolute atomic E-state index is 14.1. The highest BCUT2D eigenvalue weighted by Crippen LogP contribution is 2.69. The van der Waals surface area contributed by atoms with Gasteiger partial charge in [-0.15, -0.1) is 0 Å². The van der Waals surface area contributed by atoms with Gasteiger partial charge in [0, 0.05) is 35.3 Å². The van der Waals surface area contributed by atoms with Gasteiger partial charge in [-0.2, -0.15) is 0 Å². The molecule has 0 bridgehead atoms. The number of carbonyl (C=O) groups is 1. The van der Waals surface area contributed by atoms with Gasteiger partial charge in [0.15, 0.2) is 11.2 Å². The second-order valence-electron chi connectivity index (χ2n) is 10.6. The van der Waals surface area contributed by atoms with Crippen LogP contribution in [0.15, 0.2) is 90.0 Å². The molecule has 8 nitrogen and oxygen atoms in total. The molecule has 2 aliphatic carbocycles. The van der Waals surface area contributed by atoms with E-state index in [9.17, 15) is 15.0 Å². The predicted octanol–water partition coefficient (Wildman–Crippen LogP) is 4.00. The summed E-state index contributed by atoms with van der Waals surface area (Å²) in [6.07, 6.45) is 10.8. The van der Waals surface area contributed by atoms with E-state index in [4.69, 9.17) is 9.47 Å². The van der Waals surface area contributed by atoms with Crippen LogP contribution in [0.1, 0.15) is 29.5 Å². The summed E-state index contributed by atoms with van der Waals surface area (Å²) in [6.45, 7) is 2.26. The van der Waals surface area contributed by atoms with E-state index in [0.717, 1.165) is 15.6 Å². The summed E-state index contributed by atoms with van der Waals surface area (Å²) in [5.74, 6) is -2.11. The fourth-order valence-electron chi connectivity index (χ4n) is 6.94. The third kappa shape index (κ3) is 3.83. The number of amides is 1. The Kier molecular flexibility index (Phi) is 6.76. The lowest BCUT2D eigenvalue weighted by Crippen LogP contribution is -2.60. The van der Waals surface area contributed by atoms with Crippen LogP contribution in [0.2, 0.25) is 0 Å². The van der Waals surface area contributed by atoms with Crippen LogP contribution in [0.5, 0.6) is 11.5 Å². The molecular formula is C31H30BrN3O5. The summed E-state index contributed by atoms with van der Waals surface area (Å²) in [5, 5.41) is 28.1. The minimum Gasteiger partial charge on any atom is -0.495 e. The number of hydrogen-bond acceptors (Lipinski definition) is 7. The van der Waals surface area contributed by atoms with Crippen LogP contribution in [0.25, 0.3) is 0 Å². The number of nitrogens with one attached hydrogen (secondary N) is 1. The molecule has 1 amide bonds. The Bertz CT molecular complexity index is 1480. The Balaban J connectivity index is 1.56. The number of nitrogens with zero attached hydrogens (tertiary/aromatic N) is 2. The van der Waals surface area contributed by atoms with E-state index in [0.29, 0.717) is 11.3 Å². The number of rotatable bonds is 6. The Hall–Kier alpha value is -3.53. The molecule has 1 saturated carbocycles. The Labute approximate surface area is 240 Å². The molecule has 3 aliphatic rings. The number of aromatic nitrogens is 2. The SMILES string of the molecule is COc1cncc2c1[C@]1(O)[C@H](O)[C@H](C(=O)NCc3cccnc3)[C@@H](c3ccccc3)C1([C@H]1C=CC(Br)=CC1C)O2. The van der Waals surface area contributed by atoms with Gasteiger partial charge in [0.25, 0.3) is 0 Å². The van der Waals surface area contributed by atoms with Crippen molar-refractivity contribution in [3.8, 4) is 11.5 Å². The monoisotopic (exact) mass is 603 g/mol. The zero-order valence-corrected chi connectivity index (χ0v) is 23.7. The first-order valence-electron chi connectivity index (χ1n) is 13.2. The number of ether oxygens (including phenoxy) is 2. The van der Waals surface area contributed by atoms with Crippen molar-refractivity contribution in [1.82, 2.24) is 15.3 Å². The average Bonchev–Trinajstić information content (AvgIpc) is 3.35. The number of aliphatic hydroxyl groups is 2. The molecule has 206 valence electrons. The van der Waals surface area contributed by atoms with Gasteiger partial charge in [0.2, 0.25) is 5.91 Å². The number of pyridine rings is 2. The second kappa shape index (κ2) is 10.1. The van der Waals surface area contributed by atoms with Crippen molar-refractivity contribution >= 4 is 21.8 Å². The van der Waals surface area contributed by atoms with Gasteiger partial charge in [-0.05, 0) is 23.1 Å². The summed E-state index contributed by atoms with van der Waals surface area (Å²) >= 11 is 3.57.